The first-order valence-corrected chi connectivity index (χ1v) is 8.98. The van der Waals surface area contributed by atoms with Gasteiger partial charge in [-0.15, -0.1) is 0 Å². The fourth-order valence-corrected chi connectivity index (χ4v) is 3.85. The van der Waals surface area contributed by atoms with Crippen molar-refractivity contribution < 1.29 is 4.92 Å². The molecule has 0 saturated carbocycles. The largest absolute Gasteiger partial charge is 0.316 e. The lowest BCUT2D eigenvalue weighted by Crippen LogP contribution is -2.41. The van der Waals surface area contributed by atoms with Gasteiger partial charge in [0.15, 0.2) is 0 Å². The van der Waals surface area contributed by atoms with Gasteiger partial charge in [0.05, 0.1) is 20.9 Å². The van der Waals surface area contributed by atoms with Gasteiger partial charge < -0.3 is 9.13 Å². The van der Waals surface area contributed by atoms with E-state index in [0.29, 0.717) is 22.5 Å². The Hall–Kier alpha value is -2.87. The Balaban J connectivity index is 2.37. The molecule has 0 aliphatic rings. The Morgan fingerprint density at radius 1 is 0.962 bits per heavy atom. The van der Waals surface area contributed by atoms with Crippen molar-refractivity contribution in [3.8, 4) is 0 Å². The molecule has 0 unspecified atom stereocenters. The van der Waals surface area contributed by atoms with Crippen LogP contribution in [0.3, 0.4) is 0 Å². The second-order valence-electron chi connectivity index (χ2n) is 5.58. The standard InChI is InChI=1S/C18H17N3O4S/c1-3-19-13-10-15(21(24)25)16(26-12-8-6-5-7-9-12)11-14(13)20(4-2)18(23)17(19)22/h5-11H,3-4H2,1-2H3. The van der Waals surface area contributed by atoms with Gasteiger partial charge in [0.1, 0.15) is 0 Å². The Morgan fingerprint density at radius 3 is 2.00 bits per heavy atom. The van der Waals surface area contributed by atoms with Crippen LogP contribution in [0.1, 0.15) is 13.8 Å². The zero-order valence-electron chi connectivity index (χ0n) is 14.3. The van der Waals surface area contributed by atoms with Crippen LogP contribution in [0.4, 0.5) is 5.69 Å². The topological polar surface area (TPSA) is 87.1 Å². The Morgan fingerprint density at radius 2 is 1.50 bits per heavy atom. The number of aryl methyl sites for hydroxylation is 2. The van der Waals surface area contributed by atoms with E-state index < -0.39 is 16.0 Å². The number of aromatic nitrogens is 2. The molecule has 0 amide bonds. The van der Waals surface area contributed by atoms with E-state index in [4.69, 9.17) is 0 Å². The van der Waals surface area contributed by atoms with E-state index in [9.17, 15) is 19.7 Å². The van der Waals surface area contributed by atoms with Crippen LogP contribution in [0.25, 0.3) is 11.0 Å². The predicted octanol–water partition coefficient (Wildman–Crippen LogP) is 3.26. The number of hydrogen-bond acceptors (Lipinski definition) is 5. The summed E-state index contributed by atoms with van der Waals surface area (Å²) >= 11 is 1.26. The zero-order chi connectivity index (χ0) is 18.8. The molecule has 1 heterocycles. The molecule has 0 N–H and O–H groups in total. The Bertz CT molecular complexity index is 1100. The summed E-state index contributed by atoms with van der Waals surface area (Å²) in [7, 11) is 0. The van der Waals surface area contributed by atoms with E-state index in [2.05, 4.69) is 0 Å². The molecule has 134 valence electrons. The summed E-state index contributed by atoms with van der Waals surface area (Å²) in [5.74, 6) is 0. The molecule has 2 aromatic carbocycles. The minimum absolute atomic E-state index is 0.0887. The minimum atomic E-state index is -0.667. The van der Waals surface area contributed by atoms with E-state index in [1.807, 2.05) is 30.3 Å². The number of fused-ring (bicyclic) bond motifs is 1. The monoisotopic (exact) mass is 371 g/mol. The molecule has 0 fully saturated rings. The zero-order valence-corrected chi connectivity index (χ0v) is 15.2. The second-order valence-corrected chi connectivity index (χ2v) is 6.70. The summed E-state index contributed by atoms with van der Waals surface area (Å²) in [5, 5.41) is 11.6. The van der Waals surface area contributed by atoms with E-state index in [0.717, 1.165) is 4.90 Å². The van der Waals surface area contributed by atoms with Crippen molar-refractivity contribution in [2.24, 2.45) is 0 Å². The molecule has 1 aromatic heterocycles. The summed E-state index contributed by atoms with van der Waals surface area (Å²) in [6.45, 7) is 4.07. The summed E-state index contributed by atoms with van der Waals surface area (Å²) in [6.07, 6.45) is 0. The van der Waals surface area contributed by atoms with Crippen LogP contribution < -0.4 is 11.1 Å². The molecule has 0 bridgehead atoms. The van der Waals surface area contributed by atoms with E-state index >= 15 is 0 Å². The van der Waals surface area contributed by atoms with Crippen LogP contribution in [0, 0.1) is 10.1 Å². The summed E-state index contributed by atoms with van der Waals surface area (Å²) < 4.78 is 2.65. The highest BCUT2D eigenvalue weighted by Crippen LogP contribution is 2.37. The molecule has 0 radical (unpaired) electrons. The molecule has 0 aliphatic carbocycles. The molecule has 0 atom stereocenters. The van der Waals surface area contributed by atoms with Crippen molar-refractivity contribution >= 4 is 28.5 Å². The lowest BCUT2D eigenvalue weighted by Gasteiger charge is -2.14. The first kappa shape index (κ1) is 17.9. The lowest BCUT2D eigenvalue weighted by atomic mass is 10.2. The Labute approximate surface area is 153 Å². The van der Waals surface area contributed by atoms with Crippen molar-refractivity contribution in [1.29, 1.82) is 0 Å². The normalized spacial score (nSPS) is 11.0. The second kappa shape index (κ2) is 7.17. The first-order chi connectivity index (χ1) is 12.5. The average molecular weight is 371 g/mol. The molecule has 8 heteroatoms. The summed E-state index contributed by atoms with van der Waals surface area (Å²) in [4.78, 5) is 37.1. The first-order valence-electron chi connectivity index (χ1n) is 8.16. The maximum atomic E-state index is 12.4. The molecular weight excluding hydrogens is 354 g/mol. The SMILES string of the molecule is CCn1c(=O)c(=O)n(CC)c2cc([N+](=O)[O-])c(Sc3ccccc3)cc21. The van der Waals surface area contributed by atoms with Gasteiger partial charge in [-0.05, 0) is 32.0 Å². The molecule has 3 aromatic rings. The molecule has 3 rings (SSSR count). The number of benzene rings is 2. The van der Waals surface area contributed by atoms with E-state index in [1.54, 1.807) is 19.9 Å². The number of nitro groups is 1. The van der Waals surface area contributed by atoms with Gasteiger partial charge in [-0.2, -0.15) is 0 Å². The van der Waals surface area contributed by atoms with Gasteiger partial charge in [-0.1, -0.05) is 30.0 Å². The van der Waals surface area contributed by atoms with Crippen molar-refractivity contribution in [2.45, 2.75) is 36.7 Å². The van der Waals surface area contributed by atoms with Gasteiger partial charge in [0.25, 0.3) is 5.69 Å². The van der Waals surface area contributed by atoms with Crippen LogP contribution in [-0.4, -0.2) is 14.1 Å². The third-order valence-corrected chi connectivity index (χ3v) is 5.17. The molecule has 0 saturated heterocycles. The van der Waals surface area contributed by atoms with Gasteiger partial charge in [0.2, 0.25) is 0 Å². The number of nitrogens with zero attached hydrogens (tertiary/aromatic N) is 3. The molecular formula is C18H17N3O4S. The quantitative estimate of drug-likeness (QED) is 0.390. The van der Waals surface area contributed by atoms with Gasteiger partial charge in [0, 0.05) is 24.1 Å². The van der Waals surface area contributed by atoms with Crippen LogP contribution >= 0.6 is 11.8 Å². The Kier molecular flexibility index (Phi) is 4.94. The number of hydrogen-bond donors (Lipinski definition) is 0. The molecule has 0 aliphatic heterocycles. The van der Waals surface area contributed by atoms with Crippen LogP contribution in [0.15, 0.2) is 61.8 Å². The third-order valence-electron chi connectivity index (χ3n) is 4.11. The van der Waals surface area contributed by atoms with Crippen LogP contribution in [0.5, 0.6) is 0 Å². The van der Waals surface area contributed by atoms with E-state index in [-0.39, 0.29) is 12.2 Å². The highest BCUT2D eigenvalue weighted by molar-refractivity contribution is 7.99. The maximum absolute atomic E-state index is 12.4. The van der Waals surface area contributed by atoms with Gasteiger partial charge >= 0.3 is 11.1 Å². The van der Waals surface area contributed by atoms with Crippen molar-refractivity contribution in [2.75, 3.05) is 0 Å². The molecule has 26 heavy (non-hydrogen) atoms. The van der Waals surface area contributed by atoms with Crippen LogP contribution in [0.2, 0.25) is 0 Å². The fourth-order valence-electron chi connectivity index (χ4n) is 2.90. The van der Waals surface area contributed by atoms with Gasteiger partial charge in [-0.25, -0.2) is 0 Å². The molecule has 0 spiro atoms. The summed E-state index contributed by atoms with van der Waals surface area (Å²) in [6, 6.07) is 12.3. The van der Waals surface area contributed by atoms with Crippen molar-refractivity contribution in [3.05, 3.63) is 73.3 Å². The third kappa shape index (κ3) is 3.03. The molecule has 7 nitrogen and oxygen atoms in total. The predicted molar refractivity (Wildman–Crippen MR) is 101 cm³/mol. The number of rotatable bonds is 5. The fraction of sp³-hybridized carbons (Fsp3) is 0.222. The average Bonchev–Trinajstić information content (AvgIpc) is 2.63. The summed E-state index contributed by atoms with van der Waals surface area (Å²) in [5.41, 5.74) is -0.466. The minimum Gasteiger partial charge on any atom is -0.302 e. The van der Waals surface area contributed by atoms with Crippen LogP contribution in [-0.2, 0) is 13.1 Å². The van der Waals surface area contributed by atoms with Crippen molar-refractivity contribution in [1.82, 2.24) is 9.13 Å². The highest BCUT2D eigenvalue weighted by Gasteiger charge is 2.21. The lowest BCUT2D eigenvalue weighted by molar-refractivity contribution is -0.387. The highest BCUT2D eigenvalue weighted by atomic mass is 32.2. The van der Waals surface area contributed by atoms with Crippen molar-refractivity contribution in [3.63, 3.8) is 0 Å². The van der Waals surface area contributed by atoms with E-state index in [1.165, 1.54) is 27.0 Å². The smallest absolute Gasteiger partial charge is 0.302 e. The number of nitro benzene ring substituents is 1. The maximum Gasteiger partial charge on any atom is 0.316 e. The van der Waals surface area contributed by atoms with Gasteiger partial charge in [-0.3, -0.25) is 19.7 Å².